The monoisotopic (exact) mass is 543 g/mol. The Morgan fingerprint density at radius 1 is 0.846 bits per heavy atom. The van der Waals surface area contributed by atoms with E-state index in [1.54, 1.807) is 37.4 Å². The standard InChI is InChI=1S/C29H25N3O6S/c1-37-23-14-17-26(38-2)25(18-23)31-29(34)27(19-6-4-3-5-7-19)39-24-15-10-21(11-16-24)30-28(33)20-8-12-22(13-9-20)32(35)36/h3-18,27H,1-2H3,(H,30,33)(H,31,34). The maximum atomic E-state index is 13.5. The lowest BCUT2D eigenvalue weighted by Gasteiger charge is -2.19. The summed E-state index contributed by atoms with van der Waals surface area (Å²) < 4.78 is 10.7. The highest BCUT2D eigenvalue weighted by atomic mass is 32.2. The van der Waals surface area contributed by atoms with Crippen LogP contribution in [0.1, 0.15) is 21.2 Å². The molecule has 2 amide bonds. The summed E-state index contributed by atoms with van der Waals surface area (Å²) in [5, 5.41) is 16.0. The molecular formula is C29H25N3O6S. The predicted octanol–water partition coefficient (Wildman–Crippen LogP) is 6.34. The van der Waals surface area contributed by atoms with E-state index in [0.717, 1.165) is 10.5 Å². The highest BCUT2D eigenvalue weighted by Gasteiger charge is 2.23. The number of rotatable bonds is 10. The molecule has 9 nitrogen and oxygen atoms in total. The third-order valence-electron chi connectivity index (χ3n) is 5.71. The van der Waals surface area contributed by atoms with Crippen LogP contribution in [0.2, 0.25) is 0 Å². The molecule has 1 unspecified atom stereocenters. The van der Waals surface area contributed by atoms with Crippen molar-refractivity contribution in [3.8, 4) is 11.5 Å². The Morgan fingerprint density at radius 3 is 2.15 bits per heavy atom. The van der Waals surface area contributed by atoms with Crippen molar-refractivity contribution in [2.45, 2.75) is 10.1 Å². The number of non-ortho nitro benzene ring substituents is 1. The first-order chi connectivity index (χ1) is 18.9. The average molecular weight is 544 g/mol. The van der Waals surface area contributed by atoms with Crippen molar-refractivity contribution in [1.82, 2.24) is 0 Å². The van der Waals surface area contributed by atoms with Crippen LogP contribution in [0.15, 0.2) is 102 Å². The zero-order valence-electron chi connectivity index (χ0n) is 21.1. The maximum Gasteiger partial charge on any atom is 0.269 e. The van der Waals surface area contributed by atoms with Gasteiger partial charge in [-0.05, 0) is 54.1 Å². The Bertz CT molecular complexity index is 1460. The Labute approximate surface area is 229 Å². The summed E-state index contributed by atoms with van der Waals surface area (Å²) in [6.07, 6.45) is 0. The maximum absolute atomic E-state index is 13.5. The van der Waals surface area contributed by atoms with Gasteiger partial charge in [0.05, 0.1) is 24.8 Å². The van der Waals surface area contributed by atoms with E-state index in [2.05, 4.69) is 10.6 Å². The van der Waals surface area contributed by atoms with E-state index in [0.29, 0.717) is 28.4 Å². The first kappa shape index (κ1) is 27.2. The topological polar surface area (TPSA) is 120 Å². The number of methoxy groups -OCH3 is 2. The molecule has 0 aliphatic rings. The molecule has 4 rings (SSSR count). The van der Waals surface area contributed by atoms with E-state index >= 15 is 0 Å². The molecule has 0 aromatic heterocycles. The first-order valence-corrected chi connectivity index (χ1v) is 12.7. The SMILES string of the molecule is COc1ccc(OC)c(NC(=O)C(Sc2ccc(NC(=O)c3ccc([N+](=O)[O-])cc3)cc2)c2ccccc2)c1. The van der Waals surface area contributed by atoms with Gasteiger partial charge in [0.1, 0.15) is 16.7 Å². The molecule has 10 heteroatoms. The summed E-state index contributed by atoms with van der Waals surface area (Å²) in [7, 11) is 3.08. The number of amides is 2. The molecule has 39 heavy (non-hydrogen) atoms. The fourth-order valence-electron chi connectivity index (χ4n) is 3.70. The van der Waals surface area contributed by atoms with Gasteiger partial charge in [-0.3, -0.25) is 19.7 Å². The number of anilines is 2. The molecule has 0 saturated carbocycles. The third-order valence-corrected chi connectivity index (χ3v) is 6.98. The molecule has 0 saturated heterocycles. The van der Waals surface area contributed by atoms with E-state index in [1.165, 1.54) is 43.1 Å². The fourth-order valence-corrected chi connectivity index (χ4v) is 4.73. The van der Waals surface area contributed by atoms with Crippen LogP contribution >= 0.6 is 11.8 Å². The summed E-state index contributed by atoms with van der Waals surface area (Å²) >= 11 is 1.36. The molecule has 0 spiro atoms. The fraction of sp³-hybridized carbons (Fsp3) is 0.103. The van der Waals surface area contributed by atoms with E-state index in [4.69, 9.17) is 9.47 Å². The zero-order valence-corrected chi connectivity index (χ0v) is 21.9. The van der Waals surface area contributed by atoms with Crippen molar-refractivity contribution >= 4 is 40.6 Å². The molecule has 0 heterocycles. The number of nitro groups is 1. The van der Waals surface area contributed by atoms with Gasteiger partial charge in [-0.2, -0.15) is 0 Å². The molecule has 2 N–H and O–H groups in total. The first-order valence-electron chi connectivity index (χ1n) is 11.8. The van der Waals surface area contributed by atoms with Gasteiger partial charge in [-0.15, -0.1) is 11.8 Å². The smallest absolute Gasteiger partial charge is 0.269 e. The summed E-state index contributed by atoms with van der Waals surface area (Å²) in [6, 6.07) is 27.0. The molecule has 4 aromatic rings. The average Bonchev–Trinajstić information content (AvgIpc) is 2.97. The molecule has 0 radical (unpaired) electrons. The Hall–Kier alpha value is -4.83. The summed E-state index contributed by atoms with van der Waals surface area (Å²) in [4.78, 5) is 37.2. The number of carbonyl (C=O) groups excluding carboxylic acids is 2. The number of hydrogen-bond acceptors (Lipinski definition) is 7. The second kappa shape index (κ2) is 12.6. The van der Waals surface area contributed by atoms with Gasteiger partial charge in [-0.25, -0.2) is 0 Å². The number of nitrogens with zero attached hydrogens (tertiary/aromatic N) is 1. The van der Waals surface area contributed by atoms with Crippen LogP contribution in [0, 0.1) is 10.1 Å². The summed E-state index contributed by atoms with van der Waals surface area (Å²) in [5.41, 5.74) is 2.07. The number of ether oxygens (including phenoxy) is 2. The largest absolute Gasteiger partial charge is 0.497 e. The van der Waals surface area contributed by atoms with E-state index in [9.17, 15) is 19.7 Å². The minimum Gasteiger partial charge on any atom is -0.497 e. The van der Waals surface area contributed by atoms with Gasteiger partial charge in [0.15, 0.2) is 0 Å². The number of nitro benzene ring substituents is 1. The molecular weight excluding hydrogens is 518 g/mol. The van der Waals surface area contributed by atoms with Gasteiger partial charge >= 0.3 is 0 Å². The second-order valence-electron chi connectivity index (χ2n) is 8.25. The minimum atomic E-state index is -0.581. The van der Waals surface area contributed by atoms with Crippen molar-refractivity contribution in [3.05, 3.63) is 118 Å². The number of thioether (sulfide) groups is 1. The van der Waals surface area contributed by atoms with Crippen LogP contribution in [-0.2, 0) is 4.79 Å². The molecule has 0 aliphatic carbocycles. The van der Waals surface area contributed by atoms with Crippen LogP contribution in [0.4, 0.5) is 17.1 Å². The quantitative estimate of drug-likeness (QED) is 0.136. The van der Waals surface area contributed by atoms with E-state index in [1.807, 2.05) is 42.5 Å². The minimum absolute atomic E-state index is 0.0882. The lowest BCUT2D eigenvalue weighted by Crippen LogP contribution is -2.19. The number of nitrogens with one attached hydrogen (secondary N) is 2. The molecule has 0 fully saturated rings. The van der Waals surface area contributed by atoms with Crippen molar-refractivity contribution < 1.29 is 24.0 Å². The van der Waals surface area contributed by atoms with Crippen molar-refractivity contribution in [2.24, 2.45) is 0 Å². The third kappa shape index (κ3) is 6.93. The van der Waals surface area contributed by atoms with Crippen LogP contribution < -0.4 is 20.1 Å². The Kier molecular flexibility index (Phi) is 8.80. The van der Waals surface area contributed by atoms with Crippen LogP contribution in [0.25, 0.3) is 0 Å². The number of hydrogen-bond donors (Lipinski definition) is 2. The van der Waals surface area contributed by atoms with Gasteiger partial charge in [-0.1, -0.05) is 30.3 Å². The van der Waals surface area contributed by atoms with Crippen molar-refractivity contribution in [2.75, 3.05) is 24.9 Å². The lowest BCUT2D eigenvalue weighted by atomic mass is 10.1. The van der Waals surface area contributed by atoms with Crippen LogP contribution in [-0.4, -0.2) is 31.0 Å². The highest BCUT2D eigenvalue weighted by molar-refractivity contribution is 8.00. The van der Waals surface area contributed by atoms with Gasteiger partial charge < -0.3 is 20.1 Å². The van der Waals surface area contributed by atoms with Gasteiger partial charge in [0.25, 0.3) is 11.6 Å². The van der Waals surface area contributed by atoms with Crippen molar-refractivity contribution in [3.63, 3.8) is 0 Å². The second-order valence-corrected chi connectivity index (χ2v) is 9.43. The van der Waals surface area contributed by atoms with Crippen LogP contribution in [0.5, 0.6) is 11.5 Å². The summed E-state index contributed by atoms with van der Waals surface area (Å²) in [5.74, 6) is 0.461. The lowest BCUT2D eigenvalue weighted by molar-refractivity contribution is -0.384. The van der Waals surface area contributed by atoms with Gasteiger partial charge in [0, 0.05) is 34.3 Å². The molecule has 1 atom stereocenters. The summed E-state index contributed by atoms with van der Waals surface area (Å²) in [6.45, 7) is 0. The molecule has 0 aliphatic heterocycles. The van der Waals surface area contributed by atoms with Crippen molar-refractivity contribution in [1.29, 1.82) is 0 Å². The van der Waals surface area contributed by atoms with E-state index < -0.39 is 10.2 Å². The molecule has 0 bridgehead atoms. The van der Waals surface area contributed by atoms with Gasteiger partial charge in [0.2, 0.25) is 5.91 Å². The van der Waals surface area contributed by atoms with E-state index in [-0.39, 0.29) is 17.5 Å². The highest BCUT2D eigenvalue weighted by Crippen LogP contribution is 2.38. The number of carbonyl (C=O) groups is 2. The predicted molar refractivity (Wildman–Crippen MR) is 151 cm³/mol. The molecule has 198 valence electrons. The molecule has 4 aromatic carbocycles. The Balaban J connectivity index is 1.50. The number of benzene rings is 4. The zero-order chi connectivity index (χ0) is 27.8. The van der Waals surface area contributed by atoms with Crippen LogP contribution in [0.3, 0.4) is 0 Å². The normalized spacial score (nSPS) is 11.2. The Morgan fingerprint density at radius 2 is 1.54 bits per heavy atom.